The molecule has 0 amide bonds. The lowest BCUT2D eigenvalue weighted by Crippen LogP contribution is -2.50. The summed E-state index contributed by atoms with van der Waals surface area (Å²) in [6.45, 7) is 0.349. The molecule has 0 aromatic carbocycles. The van der Waals surface area contributed by atoms with E-state index in [0.29, 0.717) is 43.6 Å². The highest BCUT2D eigenvalue weighted by molar-refractivity contribution is 7.92. The Balaban J connectivity index is 1.28. The fourth-order valence-corrected chi connectivity index (χ4v) is 6.53. The Kier molecular flexibility index (Phi) is 6.14. The predicted molar refractivity (Wildman–Crippen MR) is 94.5 cm³/mol. The summed E-state index contributed by atoms with van der Waals surface area (Å²) in [4.78, 5) is 12.6. The molecule has 0 atom stereocenters. The Morgan fingerprint density at radius 1 is 0.889 bits per heavy atom. The number of hydrogen-bond donors (Lipinski definition) is 0. The quantitative estimate of drug-likeness (QED) is 0.411. The second-order valence-corrected chi connectivity index (χ2v) is 11.0. The lowest BCUT2D eigenvalue weighted by atomic mass is 9.49. The van der Waals surface area contributed by atoms with Crippen molar-refractivity contribution in [1.82, 2.24) is 0 Å². The number of carbonyl (C=O) groups is 1. The zero-order valence-electron chi connectivity index (χ0n) is 15.6. The van der Waals surface area contributed by atoms with Crippen molar-refractivity contribution in [3.05, 3.63) is 0 Å². The lowest BCUT2D eigenvalue weighted by Gasteiger charge is -2.55. The van der Waals surface area contributed by atoms with Gasteiger partial charge in [0.05, 0.1) is 17.8 Å². The number of esters is 1. The van der Waals surface area contributed by atoms with E-state index in [-0.39, 0.29) is 17.8 Å². The third-order valence-electron chi connectivity index (χ3n) is 6.61. The zero-order valence-corrected chi connectivity index (χ0v) is 16.4. The van der Waals surface area contributed by atoms with Crippen LogP contribution in [0.3, 0.4) is 0 Å². The molecule has 8 heteroatoms. The number of ether oxygens (including phenoxy) is 1. The van der Waals surface area contributed by atoms with Crippen molar-refractivity contribution in [2.24, 2.45) is 23.2 Å². The van der Waals surface area contributed by atoms with E-state index < -0.39 is 21.1 Å². The molecule has 0 aromatic heterocycles. The van der Waals surface area contributed by atoms with Crippen LogP contribution in [0.5, 0.6) is 0 Å². The molecule has 0 aromatic rings. The van der Waals surface area contributed by atoms with Gasteiger partial charge in [-0.15, -0.1) is 0 Å². The number of halogens is 3. The highest BCUT2D eigenvalue weighted by Crippen LogP contribution is 2.60. The molecule has 0 N–H and O–H groups in total. The fourth-order valence-electron chi connectivity index (χ4n) is 5.72. The molecular weight excluding hydrogens is 381 g/mol. The number of sulfone groups is 1. The van der Waals surface area contributed by atoms with Crippen LogP contribution >= 0.6 is 0 Å². The van der Waals surface area contributed by atoms with Crippen molar-refractivity contribution in [3.8, 4) is 0 Å². The van der Waals surface area contributed by atoms with Gasteiger partial charge in [-0.25, -0.2) is 8.42 Å². The van der Waals surface area contributed by atoms with E-state index in [2.05, 4.69) is 0 Å². The van der Waals surface area contributed by atoms with Crippen molar-refractivity contribution in [3.63, 3.8) is 0 Å². The number of hydrogen-bond acceptors (Lipinski definition) is 4. The molecule has 0 unspecified atom stereocenters. The fraction of sp³-hybridized carbons (Fsp3) is 0.947. The van der Waals surface area contributed by atoms with E-state index in [0.717, 1.165) is 25.7 Å². The van der Waals surface area contributed by atoms with Crippen molar-refractivity contribution < 1.29 is 31.1 Å². The molecule has 0 saturated heterocycles. The predicted octanol–water partition coefficient (Wildman–Crippen LogP) is 4.63. The van der Waals surface area contributed by atoms with Gasteiger partial charge in [-0.1, -0.05) is 19.3 Å². The van der Waals surface area contributed by atoms with Crippen LogP contribution in [0, 0.1) is 23.2 Å². The van der Waals surface area contributed by atoms with Crippen molar-refractivity contribution in [2.75, 3.05) is 12.4 Å². The first-order valence-electron chi connectivity index (χ1n) is 10.1. The Bertz CT molecular complexity index is 607. The van der Waals surface area contributed by atoms with Crippen LogP contribution in [0.1, 0.15) is 70.6 Å². The molecule has 0 radical (unpaired) electrons. The number of rotatable bonds is 9. The maximum absolute atomic E-state index is 12.6. The molecule has 4 fully saturated rings. The smallest absolute Gasteiger partial charge is 0.465 e. The van der Waals surface area contributed by atoms with Crippen LogP contribution in [0.15, 0.2) is 0 Å². The van der Waals surface area contributed by atoms with Crippen LogP contribution < -0.4 is 0 Å². The summed E-state index contributed by atoms with van der Waals surface area (Å²) in [5, 5.41) is 0. The minimum absolute atomic E-state index is 0.00884. The van der Waals surface area contributed by atoms with Crippen molar-refractivity contribution >= 4 is 15.8 Å². The van der Waals surface area contributed by atoms with E-state index in [9.17, 15) is 26.4 Å². The largest absolute Gasteiger partial charge is 0.497 e. The molecule has 4 bridgehead atoms. The van der Waals surface area contributed by atoms with Crippen LogP contribution in [-0.4, -0.2) is 32.3 Å². The Morgan fingerprint density at radius 2 is 1.37 bits per heavy atom. The zero-order chi connectivity index (χ0) is 19.7. The minimum atomic E-state index is -5.15. The van der Waals surface area contributed by atoms with Gasteiger partial charge in [0.1, 0.15) is 0 Å². The minimum Gasteiger partial charge on any atom is -0.465 e. The van der Waals surface area contributed by atoms with E-state index in [1.54, 1.807) is 0 Å². The summed E-state index contributed by atoms with van der Waals surface area (Å²) < 4.78 is 64.1. The maximum atomic E-state index is 12.6. The Labute approximate surface area is 159 Å². The second kappa shape index (κ2) is 7.91. The summed E-state index contributed by atoms with van der Waals surface area (Å²) in [7, 11) is -5.00. The first-order chi connectivity index (χ1) is 12.6. The van der Waals surface area contributed by atoms with E-state index in [4.69, 9.17) is 4.74 Å². The Morgan fingerprint density at radius 3 is 1.89 bits per heavy atom. The highest BCUT2D eigenvalue weighted by atomic mass is 32.2. The molecule has 4 aliphatic rings. The number of unbranched alkanes of at least 4 members (excludes halogenated alkanes) is 4. The molecule has 4 nitrogen and oxygen atoms in total. The van der Waals surface area contributed by atoms with E-state index in [1.165, 1.54) is 19.3 Å². The number of carbonyl (C=O) groups excluding carboxylic acids is 1. The molecule has 27 heavy (non-hydrogen) atoms. The van der Waals surface area contributed by atoms with Gasteiger partial charge in [-0.05, 0) is 69.1 Å². The summed E-state index contributed by atoms with van der Waals surface area (Å²) >= 11 is 0. The van der Waals surface area contributed by atoms with Gasteiger partial charge < -0.3 is 4.74 Å². The van der Waals surface area contributed by atoms with Gasteiger partial charge in [-0.3, -0.25) is 4.79 Å². The molecule has 156 valence electrons. The lowest BCUT2D eigenvalue weighted by molar-refractivity contribution is -0.171. The van der Waals surface area contributed by atoms with Crippen LogP contribution in [0.2, 0.25) is 0 Å². The maximum Gasteiger partial charge on any atom is 0.497 e. The van der Waals surface area contributed by atoms with Crippen molar-refractivity contribution in [1.29, 1.82) is 0 Å². The molecule has 0 spiro atoms. The normalized spacial score (nSPS) is 32.6. The number of alkyl halides is 3. The standard InChI is InChI=1S/C19H29F3O4S/c20-19(21,22)27(24,25)7-5-3-1-2-4-6-26-17(23)18-11-14-8-15(12-18)10-16(9-14)13-18/h14-16H,1-13H2. The molecular formula is C19H29F3O4S. The van der Waals surface area contributed by atoms with Crippen LogP contribution in [0.4, 0.5) is 13.2 Å². The van der Waals surface area contributed by atoms with E-state index >= 15 is 0 Å². The second-order valence-electron chi connectivity index (χ2n) is 8.87. The monoisotopic (exact) mass is 410 g/mol. The average molecular weight is 410 g/mol. The molecule has 0 heterocycles. The van der Waals surface area contributed by atoms with Crippen LogP contribution in [0.25, 0.3) is 0 Å². The molecule has 4 aliphatic carbocycles. The van der Waals surface area contributed by atoms with Gasteiger partial charge in [0, 0.05) is 0 Å². The van der Waals surface area contributed by atoms with E-state index in [1.807, 2.05) is 0 Å². The highest BCUT2D eigenvalue weighted by Gasteiger charge is 2.55. The first-order valence-corrected chi connectivity index (χ1v) is 11.7. The van der Waals surface area contributed by atoms with Gasteiger partial charge in [0.2, 0.25) is 9.84 Å². The average Bonchev–Trinajstić information content (AvgIpc) is 2.54. The van der Waals surface area contributed by atoms with Crippen molar-refractivity contribution in [2.45, 2.75) is 76.1 Å². The molecule has 0 aliphatic heterocycles. The van der Waals surface area contributed by atoms with Gasteiger partial charge in [-0.2, -0.15) is 13.2 Å². The summed E-state index contributed by atoms with van der Waals surface area (Å²) in [5.74, 6) is 1.18. The molecule has 4 saturated carbocycles. The summed E-state index contributed by atoms with van der Waals surface area (Å²) in [5.41, 5.74) is -5.40. The summed E-state index contributed by atoms with van der Waals surface area (Å²) in [6, 6.07) is 0. The van der Waals surface area contributed by atoms with Gasteiger partial charge in [0.25, 0.3) is 0 Å². The molecule has 4 rings (SSSR count). The van der Waals surface area contributed by atoms with Crippen LogP contribution in [-0.2, 0) is 19.4 Å². The third-order valence-corrected chi connectivity index (χ3v) is 8.15. The van der Waals surface area contributed by atoms with Gasteiger partial charge in [0.15, 0.2) is 0 Å². The Hall–Kier alpha value is -0.790. The van der Waals surface area contributed by atoms with Gasteiger partial charge >= 0.3 is 11.5 Å². The SMILES string of the molecule is O=C(OCCCCCCCS(=O)(=O)C(F)(F)F)C12CC3CC(CC(C3)C1)C2. The first kappa shape index (κ1) is 20.9. The summed E-state index contributed by atoms with van der Waals surface area (Å²) in [6.07, 6.45) is 9.23. The topological polar surface area (TPSA) is 60.4 Å². The third kappa shape index (κ3) is 4.80.